The second kappa shape index (κ2) is 9.90. The average molecular weight is 540 g/mol. The molecule has 0 aliphatic carbocycles. The van der Waals surface area contributed by atoms with E-state index in [1.165, 1.54) is 15.1 Å². The Morgan fingerprint density at radius 2 is 1.94 bits per heavy atom. The molecule has 1 aliphatic rings. The number of ether oxygens (including phenoxy) is 1. The first kappa shape index (κ1) is 24.8. The lowest BCUT2D eigenvalue weighted by molar-refractivity contribution is 0.436. The number of thiophene rings is 1. The van der Waals surface area contributed by atoms with E-state index in [1.54, 1.807) is 11.3 Å². The molecule has 4 aromatic rings. The van der Waals surface area contributed by atoms with Crippen molar-refractivity contribution in [1.82, 2.24) is 0 Å². The van der Waals surface area contributed by atoms with Crippen molar-refractivity contribution < 1.29 is 17.7 Å². The number of hydrogen-bond acceptors (Lipinski definition) is 5. The van der Waals surface area contributed by atoms with Gasteiger partial charge in [-0.15, -0.1) is 11.3 Å². The van der Waals surface area contributed by atoms with Gasteiger partial charge in [0.2, 0.25) is 5.88 Å². The fourth-order valence-electron chi connectivity index (χ4n) is 4.53. The van der Waals surface area contributed by atoms with Crippen molar-refractivity contribution in [2.24, 2.45) is 0 Å². The second-order valence-electron chi connectivity index (χ2n) is 8.81. The van der Waals surface area contributed by atoms with E-state index in [4.69, 9.17) is 16.3 Å². The third-order valence-corrected chi connectivity index (χ3v) is 8.63. The van der Waals surface area contributed by atoms with Crippen LogP contribution < -0.4 is 9.64 Å². The Hall–Kier alpha value is -2.84. The number of allylic oxidation sites excluding steroid dienone is 2. The van der Waals surface area contributed by atoms with Gasteiger partial charge in [-0.25, -0.2) is 0 Å². The van der Waals surface area contributed by atoms with Crippen LogP contribution in [0.3, 0.4) is 0 Å². The van der Waals surface area contributed by atoms with Crippen LogP contribution in [0.25, 0.3) is 26.9 Å². The first-order valence-electron chi connectivity index (χ1n) is 11.8. The zero-order valence-corrected chi connectivity index (χ0v) is 22.4. The number of fused-ring (bicyclic) bond motifs is 4. The molecule has 0 fully saturated rings. The van der Waals surface area contributed by atoms with Gasteiger partial charge in [-0.2, -0.15) is 8.42 Å². The maximum atomic E-state index is 11.4. The Morgan fingerprint density at radius 1 is 1.14 bits per heavy atom. The van der Waals surface area contributed by atoms with Crippen LogP contribution in [0.5, 0.6) is 5.75 Å². The average Bonchev–Trinajstić information content (AvgIpc) is 3.35. The summed E-state index contributed by atoms with van der Waals surface area (Å²) in [4.78, 5) is 3.18. The summed E-state index contributed by atoms with van der Waals surface area (Å²) in [6.45, 7) is 4.60. The van der Waals surface area contributed by atoms with E-state index >= 15 is 0 Å². The summed E-state index contributed by atoms with van der Waals surface area (Å²) in [7, 11) is -4.05. The molecule has 0 bridgehead atoms. The molecule has 1 aromatic heterocycles. The number of hydrogen-bond donors (Lipinski definition) is 1. The van der Waals surface area contributed by atoms with E-state index in [9.17, 15) is 13.0 Å². The second-order valence-corrected chi connectivity index (χ2v) is 11.9. The smallest absolute Gasteiger partial charge is 0.264 e. The first-order chi connectivity index (χ1) is 17.2. The minimum absolute atomic E-state index is 0.267. The Kier molecular flexibility index (Phi) is 6.83. The predicted molar refractivity (Wildman–Crippen MR) is 151 cm³/mol. The van der Waals surface area contributed by atoms with Gasteiger partial charge < -0.3 is 9.64 Å². The number of rotatable bonds is 7. The van der Waals surface area contributed by atoms with Crippen LogP contribution in [0.2, 0.25) is 5.02 Å². The number of halogens is 1. The fourth-order valence-corrected chi connectivity index (χ4v) is 6.37. The van der Waals surface area contributed by atoms with Crippen molar-refractivity contribution in [3.05, 3.63) is 87.6 Å². The van der Waals surface area contributed by atoms with Gasteiger partial charge in [0, 0.05) is 32.6 Å². The highest BCUT2D eigenvalue weighted by atomic mass is 35.5. The van der Waals surface area contributed by atoms with E-state index in [1.807, 2.05) is 59.5 Å². The van der Waals surface area contributed by atoms with Crippen molar-refractivity contribution in [2.45, 2.75) is 26.7 Å². The van der Waals surface area contributed by atoms with Gasteiger partial charge in [-0.3, -0.25) is 4.55 Å². The largest absolute Gasteiger partial charge is 0.439 e. The molecule has 5 rings (SSSR count). The summed E-state index contributed by atoms with van der Waals surface area (Å²) in [5.74, 6) is 1.07. The Balaban J connectivity index is 1.56. The summed E-state index contributed by atoms with van der Waals surface area (Å²) in [6, 6.07) is 18.0. The fraction of sp³-hybridized carbons (Fsp3) is 0.214. The third kappa shape index (κ3) is 5.02. The van der Waals surface area contributed by atoms with E-state index in [0.29, 0.717) is 12.4 Å². The van der Waals surface area contributed by atoms with Gasteiger partial charge in [-0.1, -0.05) is 48.9 Å². The molecular formula is C28H26ClNO4S2. The molecule has 8 heteroatoms. The number of aryl methyl sites for hydroxylation is 1. The highest BCUT2D eigenvalue weighted by molar-refractivity contribution is 7.85. The van der Waals surface area contributed by atoms with Gasteiger partial charge >= 0.3 is 0 Å². The van der Waals surface area contributed by atoms with Crippen LogP contribution in [-0.2, 0) is 10.1 Å². The summed E-state index contributed by atoms with van der Waals surface area (Å²) in [5.41, 5.74) is 3.19. The van der Waals surface area contributed by atoms with E-state index in [2.05, 4.69) is 26.0 Å². The number of benzene rings is 3. The van der Waals surface area contributed by atoms with E-state index < -0.39 is 10.1 Å². The van der Waals surface area contributed by atoms with Gasteiger partial charge in [0.25, 0.3) is 10.1 Å². The molecule has 1 aliphatic heterocycles. The van der Waals surface area contributed by atoms with Gasteiger partial charge in [0.1, 0.15) is 0 Å². The standard InChI is InChI=1S/C28H26ClNO4S2/c1-3-19(15-26-18(2)23-17-21(29)10-12-25(23)35-26)16-27-30(13-6-14-36(31,32)33)28-22-8-5-4-7-20(22)9-11-24(28)34-27/h4-5,7-12,15-17H,3,6,13-14H2,1-2H3,(H,31,32,33)/b19-15?,27-16-. The van der Waals surface area contributed by atoms with Crippen LogP contribution in [0, 0.1) is 6.92 Å². The maximum Gasteiger partial charge on any atom is 0.264 e. The topological polar surface area (TPSA) is 66.8 Å². The molecule has 0 atom stereocenters. The summed E-state index contributed by atoms with van der Waals surface area (Å²) in [6.07, 6.45) is 5.27. The van der Waals surface area contributed by atoms with Crippen molar-refractivity contribution in [1.29, 1.82) is 0 Å². The van der Waals surface area contributed by atoms with E-state index in [-0.39, 0.29) is 12.2 Å². The molecule has 0 amide bonds. The van der Waals surface area contributed by atoms with Crippen LogP contribution in [0.15, 0.2) is 72.1 Å². The molecule has 5 nitrogen and oxygen atoms in total. The normalized spacial score (nSPS) is 15.2. The lowest BCUT2D eigenvalue weighted by atomic mass is 10.1. The highest BCUT2D eigenvalue weighted by Gasteiger charge is 2.28. The lowest BCUT2D eigenvalue weighted by Crippen LogP contribution is -2.24. The molecule has 0 saturated carbocycles. The number of nitrogens with zero attached hydrogens (tertiary/aromatic N) is 1. The lowest BCUT2D eigenvalue weighted by Gasteiger charge is -2.19. The summed E-state index contributed by atoms with van der Waals surface area (Å²) >= 11 is 7.95. The van der Waals surface area contributed by atoms with Gasteiger partial charge in [0.15, 0.2) is 5.75 Å². The first-order valence-corrected chi connectivity index (χ1v) is 14.6. The van der Waals surface area contributed by atoms with Gasteiger partial charge in [-0.05, 0) is 72.0 Å². The van der Waals surface area contributed by atoms with Crippen LogP contribution in [-0.4, -0.2) is 25.3 Å². The minimum atomic E-state index is -4.05. The van der Waals surface area contributed by atoms with Crippen molar-refractivity contribution in [2.75, 3.05) is 17.2 Å². The monoisotopic (exact) mass is 539 g/mol. The number of anilines is 1. The van der Waals surface area contributed by atoms with Crippen molar-refractivity contribution in [3.8, 4) is 5.75 Å². The third-order valence-electron chi connectivity index (χ3n) is 6.37. The molecule has 1 N–H and O–H groups in total. The molecule has 0 spiro atoms. The Morgan fingerprint density at radius 3 is 2.72 bits per heavy atom. The minimum Gasteiger partial charge on any atom is -0.439 e. The van der Waals surface area contributed by atoms with Crippen molar-refractivity contribution in [3.63, 3.8) is 0 Å². The molecule has 186 valence electrons. The molecule has 36 heavy (non-hydrogen) atoms. The molecule has 2 heterocycles. The Bertz CT molecular complexity index is 1640. The molecule has 0 unspecified atom stereocenters. The molecular weight excluding hydrogens is 514 g/mol. The van der Waals surface area contributed by atoms with Crippen molar-refractivity contribution >= 4 is 65.7 Å². The van der Waals surface area contributed by atoms with E-state index in [0.717, 1.165) is 44.6 Å². The molecule has 0 radical (unpaired) electrons. The van der Waals surface area contributed by atoms with Crippen LogP contribution in [0.4, 0.5) is 5.69 Å². The molecule has 3 aromatic carbocycles. The molecule has 0 saturated heterocycles. The van der Waals surface area contributed by atoms with Gasteiger partial charge in [0.05, 0.1) is 11.4 Å². The van der Waals surface area contributed by atoms with Crippen LogP contribution in [0.1, 0.15) is 30.2 Å². The summed E-state index contributed by atoms with van der Waals surface area (Å²) in [5, 5.41) is 3.99. The summed E-state index contributed by atoms with van der Waals surface area (Å²) < 4.78 is 39.5. The zero-order chi connectivity index (χ0) is 25.4. The zero-order valence-electron chi connectivity index (χ0n) is 20.0. The SMILES string of the molecule is CCC(=Cc1sc2ccc(Cl)cc2c1C)/C=C1\Oc2ccc3ccccc3c2N1CCCS(=O)(=O)O. The Labute approximate surface area is 220 Å². The highest BCUT2D eigenvalue weighted by Crippen LogP contribution is 2.45. The van der Waals surface area contributed by atoms with Crippen LogP contribution >= 0.6 is 22.9 Å². The quantitative estimate of drug-likeness (QED) is 0.242. The predicted octanol–water partition coefficient (Wildman–Crippen LogP) is 7.83. The maximum absolute atomic E-state index is 11.4.